The summed E-state index contributed by atoms with van der Waals surface area (Å²) in [5, 5.41) is 3.65. The second-order valence-electron chi connectivity index (χ2n) is 7.01. The molecule has 5 heteroatoms. The quantitative estimate of drug-likeness (QED) is 0.793. The number of hydrogen-bond donors (Lipinski definition) is 1. The Kier molecular flexibility index (Phi) is 6.56. The highest BCUT2D eigenvalue weighted by Crippen LogP contribution is 2.27. The van der Waals surface area contributed by atoms with Gasteiger partial charge in [0.15, 0.2) is 5.82 Å². The van der Waals surface area contributed by atoms with Crippen molar-refractivity contribution in [2.45, 2.75) is 65.0 Å². The topological polar surface area (TPSA) is 59.9 Å². The smallest absolute Gasteiger partial charge is 0.161 e. The van der Waals surface area contributed by atoms with Gasteiger partial charge in [-0.25, -0.2) is 9.97 Å². The molecule has 1 aliphatic rings. The van der Waals surface area contributed by atoms with Crippen LogP contribution in [0.3, 0.4) is 0 Å². The monoisotopic (exact) mass is 354 g/mol. The Morgan fingerprint density at radius 2 is 1.92 bits per heavy atom. The van der Waals surface area contributed by atoms with E-state index in [-0.39, 0.29) is 0 Å². The fraction of sp³-hybridized carbons (Fsp3) is 0.571. The molecule has 1 N–H and O–H groups in total. The van der Waals surface area contributed by atoms with E-state index in [4.69, 9.17) is 9.72 Å². The summed E-state index contributed by atoms with van der Waals surface area (Å²) in [7, 11) is 0. The van der Waals surface area contributed by atoms with E-state index in [1.54, 1.807) is 12.4 Å². The molecule has 26 heavy (non-hydrogen) atoms. The van der Waals surface area contributed by atoms with Gasteiger partial charge in [0, 0.05) is 42.4 Å². The summed E-state index contributed by atoms with van der Waals surface area (Å²) in [6, 6.07) is 6.39. The average Bonchev–Trinajstić information content (AvgIpc) is 2.69. The lowest BCUT2D eigenvalue weighted by Crippen LogP contribution is -2.38. The third-order valence-corrected chi connectivity index (χ3v) is 5.32. The van der Waals surface area contributed by atoms with Crippen LogP contribution in [-0.4, -0.2) is 33.7 Å². The van der Waals surface area contributed by atoms with Crippen LogP contribution in [-0.2, 0) is 11.2 Å². The molecular weight excluding hydrogens is 324 g/mol. The molecule has 0 aromatic carbocycles. The summed E-state index contributed by atoms with van der Waals surface area (Å²) >= 11 is 0. The van der Waals surface area contributed by atoms with E-state index in [2.05, 4.69) is 42.1 Å². The number of hydrogen-bond acceptors (Lipinski definition) is 5. The van der Waals surface area contributed by atoms with Crippen LogP contribution in [0.2, 0.25) is 0 Å². The van der Waals surface area contributed by atoms with Gasteiger partial charge >= 0.3 is 0 Å². The van der Waals surface area contributed by atoms with Crippen LogP contribution in [0, 0.1) is 5.92 Å². The molecule has 0 bridgehead atoms. The maximum absolute atomic E-state index is 6.05. The van der Waals surface area contributed by atoms with Crippen molar-refractivity contribution in [1.82, 2.24) is 15.0 Å². The van der Waals surface area contributed by atoms with Crippen LogP contribution >= 0.6 is 0 Å². The summed E-state index contributed by atoms with van der Waals surface area (Å²) in [6.07, 6.45) is 9.21. The molecule has 3 rings (SSSR count). The number of rotatable bonds is 7. The Bertz CT molecular complexity index is 688. The normalized spacial score (nSPS) is 20.3. The molecule has 1 aliphatic heterocycles. The zero-order chi connectivity index (χ0) is 18.4. The van der Waals surface area contributed by atoms with Crippen molar-refractivity contribution in [2.24, 2.45) is 5.92 Å². The van der Waals surface area contributed by atoms with Crippen molar-refractivity contribution < 1.29 is 4.74 Å². The Balaban J connectivity index is 1.76. The van der Waals surface area contributed by atoms with Crippen molar-refractivity contribution in [3.05, 3.63) is 36.3 Å². The van der Waals surface area contributed by atoms with Crippen LogP contribution in [0.25, 0.3) is 11.4 Å². The first-order chi connectivity index (χ1) is 12.7. The van der Waals surface area contributed by atoms with Gasteiger partial charge in [0.05, 0.1) is 6.10 Å². The molecule has 2 atom stereocenters. The number of nitrogens with one attached hydrogen (secondary N) is 1. The van der Waals surface area contributed by atoms with Crippen LogP contribution in [0.1, 0.15) is 52.1 Å². The molecule has 1 saturated heterocycles. The predicted molar refractivity (Wildman–Crippen MR) is 105 cm³/mol. The van der Waals surface area contributed by atoms with Crippen molar-refractivity contribution in [3.8, 4) is 11.4 Å². The predicted octanol–water partition coefficient (Wildman–Crippen LogP) is 4.50. The van der Waals surface area contributed by atoms with E-state index in [1.165, 1.54) is 12.8 Å². The van der Waals surface area contributed by atoms with E-state index in [0.29, 0.717) is 18.1 Å². The van der Waals surface area contributed by atoms with E-state index in [1.807, 2.05) is 12.1 Å². The standard InChI is InChI=1S/C21H30N4O/c1-4-15(5-2)19-13-18(9-12-26-19)23-20-14-17(6-3)24-21(25-20)16-7-10-22-11-8-16/h7-8,10-11,14-15,18-19H,4-6,9,12-13H2,1-3H3,(H,23,24,25). The molecule has 0 saturated carbocycles. The lowest BCUT2D eigenvalue weighted by molar-refractivity contribution is -0.0271. The highest BCUT2D eigenvalue weighted by Gasteiger charge is 2.27. The molecule has 5 nitrogen and oxygen atoms in total. The lowest BCUT2D eigenvalue weighted by atomic mass is 9.89. The number of pyridine rings is 1. The molecule has 3 heterocycles. The van der Waals surface area contributed by atoms with E-state index in [0.717, 1.165) is 48.8 Å². The van der Waals surface area contributed by atoms with E-state index >= 15 is 0 Å². The summed E-state index contributed by atoms with van der Waals surface area (Å²) in [5.41, 5.74) is 2.05. The van der Waals surface area contributed by atoms with Gasteiger partial charge in [-0.2, -0.15) is 0 Å². The fourth-order valence-electron chi connectivity index (χ4n) is 3.69. The minimum absolute atomic E-state index is 0.350. The van der Waals surface area contributed by atoms with Crippen molar-refractivity contribution in [2.75, 3.05) is 11.9 Å². The number of anilines is 1. The summed E-state index contributed by atoms with van der Waals surface area (Å²) in [5.74, 6) is 2.32. The van der Waals surface area contributed by atoms with Crippen LogP contribution < -0.4 is 5.32 Å². The van der Waals surface area contributed by atoms with Gasteiger partial charge in [-0.05, 0) is 37.3 Å². The van der Waals surface area contributed by atoms with E-state index < -0.39 is 0 Å². The molecule has 2 aromatic heterocycles. The van der Waals surface area contributed by atoms with Crippen molar-refractivity contribution in [3.63, 3.8) is 0 Å². The number of aryl methyl sites for hydroxylation is 1. The second-order valence-corrected chi connectivity index (χ2v) is 7.01. The molecule has 1 fully saturated rings. The molecule has 140 valence electrons. The molecular formula is C21H30N4O. The molecule has 2 aromatic rings. The molecule has 0 radical (unpaired) electrons. The molecule has 0 aliphatic carbocycles. The number of ether oxygens (including phenoxy) is 1. The maximum atomic E-state index is 6.05. The van der Waals surface area contributed by atoms with Crippen LogP contribution in [0.15, 0.2) is 30.6 Å². The van der Waals surface area contributed by atoms with Gasteiger partial charge in [-0.15, -0.1) is 0 Å². The zero-order valence-electron chi connectivity index (χ0n) is 16.1. The van der Waals surface area contributed by atoms with Gasteiger partial charge in [-0.1, -0.05) is 33.6 Å². The van der Waals surface area contributed by atoms with Crippen LogP contribution in [0.5, 0.6) is 0 Å². The fourth-order valence-corrected chi connectivity index (χ4v) is 3.69. The van der Waals surface area contributed by atoms with Crippen LogP contribution in [0.4, 0.5) is 5.82 Å². The highest BCUT2D eigenvalue weighted by atomic mass is 16.5. The first kappa shape index (κ1) is 18.8. The van der Waals surface area contributed by atoms with Gasteiger partial charge in [-0.3, -0.25) is 4.98 Å². The van der Waals surface area contributed by atoms with E-state index in [9.17, 15) is 0 Å². The maximum Gasteiger partial charge on any atom is 0.161 e. The number of nitrogens with zero attached hydrogens (tertiary/aromatic N) is 3. The summed E-state index contributed by atoms with van der Waals surface area (Å²) in [6.45, 7) is 7.46. The zero-order valence-corrected chi connectivity index (χ0v) is 16.1. The van der Waals surface area contributed by atoms with Crippen molar-refractivity contribution >= 4 is 5.82 Å². The minimum Gasteiger partial charge on any atom is -0.378 e. The highest BCUT2D eigenvalue weighted by molar-refractivity contribution is 5.56. The lowest BCUT2D eigenvalue weighted by Gasteiger charge is -2.34. The van der Waals surface area contributed by atoms with Gasteiger partial charge < -0.3 is 10.1 Å². The second kappa shape index (κ2) is 9.08. The van der Waals surface area contributed by atoms with Gasteiger partial charge in [0.25, 0.3) is 0 Å². The third-order valence-electron chi connectivity index (χ3n) is 5.32. The summed E-state index contributed by atoms with van der Waals surface area (Å²) < 4.78 is 6.05. The molecule has 0 amide bonds. The SMILES string of the molecule is CCc1cc(NC2CCOC(C(CC)CC)C2)nc(-c2ccncc2)n1. The first-order valence-electron chi connectivity index (χ1n) is 9.89. The third kappa shape index (κ3) is 4.58. The van der Waals surface area contributed by atoms with Gasteiger partial charge in [0.1, 0.15) is 5.82 Å². The Labute approximate surface area is 156 Å². The Morgan fingerprint density at radius 1 is 1.15 bits per heavy atom. The Morgan fingerprint density at radius 3 is 2.62 bits per heavy atom. The largest absolute Gasteiger partial charge is 0.378 e. The number of aromatic nitrogens is 3. The van der Waals surface area contributed by atoms with Crippen molar-refractivity contribution in [1.29, 1.82) is 0 Å². The Hall–Kier alpha value is -2.01. The first-order valence-corrected chi connectivity index (χ1v) is 9.89. The molecule has 2 unspecified atom stereocenters. The minimum atomic E-state index is 0.350. The van der Waals surface area contributed by atoms with Gasteiger partial charge in [0.2, 0.25) is 0 Å². The molecule has 0 spiro atoms. The summed E-state index contributed by atoms with van der Waals surface area (Å²) in [4.78, 5) is 13.5. The average molecular weight is 354 g/mol.